The minimum atomic E-state index is -0.282. The highest BCUT2D eigenvalue weighted by Crippen LogP contribution is 2.16. The van der Waals surface area contributed by atoms with Gasteiger partial charge in [0.15, 0.2) is 5.96 Å². The van der Waals surface area contributed by atoms with E-state index in [0.717, 1.165) is 18.5 Å². The molecule has 0 spiro atoms. The lowest BCUT2D eigenvalue weighted by Gasteiger charge is -2.20. The smallest absolute Gasteiger partial charge is 0.225 e. The zero-order valence-electron chi connectivity index (χ0n) is 14.3. The molecule has 1 atom stereocenters. The van der Waals surface area contributed by atoms with Crippen molar-refractivity contribution in [2.75, 3.05) is 20.1 Å². The molecule has 1 amide bonds. The second-order valence-corrected chi connectivity index (χ2v) is 7.10. The van der Waals surface area contributed by atoms with E-state index in [9.17, 15) is 9.18 Å². The van der Waals surface area contributed by atoms with E-state index in [0.29, 0.717) is 23.5 Å². The van der Waals surface area contributed by atoms with Crippen LogP contribution in [0.2, 0.25) is 0 Å². The van der Waals surface area contributed by atoms with Crippen LogP contribution in [0.4, 0.5) is 4.39 Å². The van der Waals surface area contributed by atoms with Crippen LogP contribution < -0.4 is 10.6 Å². The molecule has 2 rings (SSSR count). The largest absolute Gasteiger partial charge is 0.352 e. The van der Waals surface area contributed by atoms with Gasteiger partial charge in [-0.05, 0) is 40.0 Å². The van der Waals surface area contributed by atoms with E-state index in [1.807, 2.05) is 24.8 Å². The first-order chi connectivity index (χ1) is 11.4. The van der Waals surface area contributed by atoms with Crippen LogP contribution in [0.15, 0.2) is 27.7 Å². The maximum absolute atomic E-state index is 13.5. The van der Waals surface area contributed by atoms with Crippen molar-refractivity contribution >= 4 is 27.8 Å². The normalized spacial score (nSPS) is 18.2. The summed E-state index contributed by atoms with van der Waals surface area (Å²) in [6.07, 6.45) is 0.895. The predicted octanol–water partition coefficient (Wildman–Crippen LogP) is 2.51. The van der Waals surface area contributed by atoms with Crippen LogP contribution in [0.25, 0.3) is 0 Å². The Kier molecular flexibility index (Phi) is 6.60. The summed E-state index contributed by atoms with van der Waals surface area (Å²) in [4.78, 5) is 18.1. The van der Waals surface area contributed by atoms with Crippen LogP contribution in [-0.2, 0) is 11.3 Å². The molecule has 0 saturated carbocycles. The Bertz CT molecular complexity index is 621. The van der Waals surface area contributed by atoms with Crippen LogP contribution in [-0.4, -0.2) is 42.9 Å². The summed E-state index contributed by atoms with van der Waals surface area (Å²) in [6, 6.07) is 5.21. The third-order valence-electron chi connectivity index (χ3n) is 4.00. The van der Waals surface area contributed by atoms with E-state index in [-0.39, 0.29) is 23.7 Å². The van der Waals surface area contributed by atoms with Gasteiger partial charge < -0.3 is 15.5 Å². The van der Waals surface area contributed by atoms with Crippen molar-refractivity contribution in [2.45, 2.75) is 32.9 Å². The Balaban J connectivity index is 1.85. The van der Waals surface area contributed by atoms with E-state index < -0.39 is 0 Å². The minimum absolute atomic E-state index is 0.0217. The second kappa shape index (κ2) is 8.46. The fourth-order valence-electron chi connectivity index (χ4n) is 2.67. The average molecular weight is 399 g/mol. The van der Waals surface area contributed by atoms with Crippen molar-refractivity contribution in [3.05, 3.63) is 34.1 Å². The van der Waals surface area contributed by atoms with Crippen LogP contribution in [0.1, 0.15) is 25.8 Å². The van der Waals surface area contributed by atoms with Gasteiger partial charge >= 0.3 is 0 Å². The summed E-state index contributed by atoms with van der Waals surface area (Å²) in [5.41, 5.74) is 0.835. The number of nitrogens with zero attached hydrogens (tertiary/aromatic N) is 2. The molecule has 0 aromatic heterocycles. The van der Waals surface area contributed by atoms with Gasteiger partial charge in [0, 0.05) is 38.6 Å². The number of hydrogen-bond donors (Lipinski definition) is 2. The fraction of sp³-hybridized carbons (Fsp3) is 0.529. The molecular weight excluding hydrogens is 375 g/mol. The maximum atomic E-state index is 13.5. The van der Waals surface area contributed by atoms with Gasteiger partial charge in [-0.15, -0.1) is 0 Å². The van der Waals surface area contributed by atoms with Crippen molar-refractivity contribution in [3.8, 4) is 0 Å². The summed E-state index contributed by atoms with van der Waals surface area (Å²) in [6.45, 7) is 5.77. The molecule has 132 valence electrons. The van der Waals surface area contributed by atoms with Crippen LogP contribution in [0, 0.1) is 11.7 Å². The molecule has 7 heteroatoms. The van der Waals surface area contributed by atoms with Crippen LogP contribution in [0.5, 0.6) is 0 Å². The highest BCUT2D eigenvalue weighted by molar-refractivity contribution is 9.10. The van der Waals surface area contributed by atoms with Gasteiger partial charge in [-0.25, -0.2) is 4.39 Å². The molecule has 0 radical (unpaired) electrons. The van der Waals surface area contributed by atoms with Crippen molar-refractivity contribution in [1.82, 2.24) is 15.5 Å². The fourth-order valence-corrected chi connectivity index (χ4v) is 2.91. The second-order valence-electron chi connectivity index (χ2n) is 6.24. The van der Waals surface area contributed by atoms with Gasteiger partial charge in [0.2, 0.25) is 5.91 Å². The number of guanidine groups is 1. The van der Waals surface area contributed by atoms with Gasteiger partial charge in [-0.1, -0.05) is 19.9 Å². The molecule has 0 aliphatic carbocycles. The number of carbonyl (C=O) groups is 1. The summed E-state index contributed by atoms with van der Waals surface area (Å²) >= 11 is 3.15. The molecule has 2 N–H and O–H groups in total. The van der Waals surface area contributed by atoms with Gasteiger partial charge in [0.25, 0.3) is 0 Å². The van der Waals surface area contributed by atoms with Crippen molar-refractivity contribution in [2.24, 2.45) is 10.9 Å². The zero-order valence-corrected chi connectivity index (χ0v) is 15.9. The molecule has 1 aromatic carbocycles. The first-order valence-electron chi connectivity index (χ1n) is 8.10. The maximum Gasteiger partial charge on any atom is 0.225 e. The first kappa shape index (κ1) is 18.7. The molecule has 5 nitrogen and oxygen atoms in total. The predicted molar refractivity (Wildman–Crippen MR) is 97.3 cm³/mol. The number of amides is 1. The average Bonchev–Trinajstić information content (AvgIpc) is 3.02. The van der Waals surface area contributed by atoms with Gasteiger partial charge in [-0.2, -0.15) is 0 Å². The van der Waals surface area contributed by atoms with Crippen LogP contribution in [0.3, 0.4) is 0 Å². The molecule has 1 aliphatic heterocycles. The van der Waals surface area contributed by atoms with Crippen molar-refractivity contribution in [1.29, 1.82) is 0 Å². The summed E-state index contributed by atoms with van der Waals surface area (Å²) in [5.74, 6) is 0.583. The van der Waals surface area contributed by atoms with Gasteiger partial charge in [0.05, 0.1) is 4.47 Å². The molecular formula is C17H24BrFN4O. The Hall–Kier alpha value is -1.63. The summed E-state index contributed by atoms with van der Waals surface area (Å²) < 4.78 is 14.0. The van der Waals surface area contributed by atoms with Crippen LogP contribution >= 0.6 is 15.9 Å². The Labute approximate surface area is 150 Å². The van der Waals surface area contributed by atoms with E-state index in [1.54, 1.807) is 13.1 Å². The lowest BCUT2D eigenvalue weighted by molar-refractivity contribution is -0.133. The standard InChI is InChI=1S/C17H24BrFN4O/c1-11(2)16(24)23-7-6-13(10-23)22-17(20-3)21-9-12-4-5-14(18)15(19)8-12/h4-5,8,11,13H,6-7,9-10H2,1-3H3,(H2,20,21,22). The number of nitrogens with one attached hydrogen (secondary N) is 2. The third kappa shape index (κ3) is 4.93. The minimum Gasteiger partial charge on any atom is -0.352 e. The monoisotopic (exact) mass is 398 g/mol. The number of hydrogen-bond acceptors (Lipinski definition) is 2. The molecule has 1 fully saturated rings. The molecule has 1 aromatic rings. The number of carbonyl (C=O) groups excluding carboxylic acids is 1. The van der Waals surface area contributed by atoms with Crippen molar-refractivity contribution in [3.63, 3.8) is 0 Å². The number of rotatable bonds is 4. The van der Waals surface area contributed by atoms with Gasteiger partial charge in [0.1, 0.15) is 5.82 Å². The SMILES string of the molecule is CN=C(NCc1ccc(Br)c(F)c1)NC1CCN(C(=O)C(C)C)C1. The van der Waals surface area contributed by atoms with E-state index in [1.165, 1.54) is 6.07 Å². The number of halogens is 2. The third-order valence-corrected chi connectivity index (χ3v) is 4.65. The zero-order chi connectivity index (χ0) is 17.7. The first-order valence-corrected chi connectivity index (χ1v) is 8.90. The number of benzene rings is 1. The number of likely N-dealkylation sites (tertiary alicyclic amines) is 1. The van der Waals surface area contributed by atoms with E-state index in [4.69, 9.17) is 0 Å². The summed E-state index contributed by atoms with van der Waals surface area (Å²) in [7, 11) is 1.70. The molecule has 1 aliphatic rings. The lowest BCUT2D eigenvalue weighted by atomic mass is 10.2. The van der Waals surface area contributed by atoms with E-state index in [2.05, 4.69) is 31.6 Å². The Morgan fingerprint density at radius 2 is 2.25 bits per heavy atom. The molecule has 1 saturated heterocycles. The Morgan fingerprint density at radius 1 is 1.50 bits per heavy atom. The van der Waals surface area contributed by atoms with Crippen molar-refractivity contribution < 1.29 is 9.18 Å². The Morgan fingerprint density at radius 3 is 2.88 bits per heavy atom. The van der Waals surface area contributed by atoms with Gasteiger partial charge in [-0.3, -0.25) is 9.79 Å². The molecule has 24 heavy (non-hydrogen) atoms. The lowest BCUT2D eigenvalue weighted by Crippen LogP contribution is -2.45. The van der Waals surface area contributed by atoms with E-state index >= 15 is 0 Å². The summed E-state index contributed by atoms with van der Waals surface area (Å²) in [5, 5.41) is 6.51. The quantitative estimate of drug-likeness (QED) is 0.605. The highest BCUT2D eigenvalue weighted by Gasteiger charge is 2.27. The number of aliphatic imine (C=N–C) groups is 1. The molecule has 1 unspecified atom stereocenters. The molecule has 0 bridgehead atoms. The highest BCUT2D eigenvalue weighted by atomic mass is 79.9. The molecule has 1 heterocycles. The topological polar surface area (TPSA) is 56.7 Å².